The van der Waals surface area contributed by atoms with Crippen LogP contribution in [0.15, 0.2) is 22.8 Å². The van der Waals surface area contributed by atoms with Gasteiger partial charge in [-0.05, 0) is 56.1 Å². The molecule has 3 heterocycles. The Bertz CT molecular complexity index is 454. The Morgan fingerprint density at radius 1 is 1.21 bits per heavy atom. The molecule has 1 N–H and O–H groups in total. The molecule has 1 unspecified atom stereocenters. The lowest BCUT2D eigenvalue weighted by atomic mass is 9.63. The van der Waals surface area contributed by atoms with Crippen LogP contribution in [-0.4, -0.2) is 28.1 Å². The van der Waals surface area contributed by atoms with Gasteiger partial charge >= 0.3 is 5.97 Å². The summed E-state index contributed by atoms with van der Waals surface area (Å²) in [5.41, 5.74) is 0. The van der Waals surface area contributed by atoms with Gasteiger partial charge in [-0.2, -0.15) is 0 Å². The van der Waals surface area contributed by atoms with Crippen LogP contribution in [-0.2, 0) is 4.79 Å². The molecule has 0 radical (unpaired) electrons. The van der Waals surface area contributed by atoms with Crippen LogP contribution in [0.4, 0.5) is 0 Å². The molecule has 2 saturated heterocycles. The summed E-state index contributed by atoms with van der Waals surface area (Å²) in [5, 5.41) is 9.63. The summed E-state index contributed by atoms with van der Waals surface area (Å²) in [6.45, 7) is 0. The van der Waals surface area contributed by atoms with Crippen LogP contribution in [0.25, 0.3) is 0 Å². The molecular formula is C15H19NO3. The van der Waals surface area contributed by atoms with Crippen molar-refractivity contribution in [3.63, 3.8) is 0 Å². The van der Waals surface area contributed by atoms with E-state index in [4.69, 9.17) is 4.42 Å². The third kappa shape index (κ3) is 1.73. The molecule has 4 heteroatoms. The first kappa shape index (κ1) is 11.5. The van der Waals surface area contributed by atoms with E-state index in [1.807, 2.05) is 0 Å². The Kier molecular flexibility index (Phi) is 2.49. The number of rotatable bonds is 3. The van der Waals surface area contributed by atoms with E-state index in [0.717, 1.165) is 11.8 Å². The third-order valence-corrected chi connectivity index (χ3v) is 5.28. The van der Waals surface area contributed by atoms with Gasteiger partial charge in [0.1, 0.15) is 5.76 Å². The molecule has 1 aromatic rings. The Morgan fingerprint density at radius 3 is 2.32 bits per heavy atom. The Morgan fingerprint density at radius 2 is 1.84 bits per heavy atom. The Labute approximate surface area is 112 Å². The van der Waals surface area contributed by atoms with Crippen LogP contribution < -0.4 is 0 Å². The lowest BCUT2D eigenvalue weighted by molar-refractivity contribution is -0.156. The summed E-state index contributed by atoms with van der Waals surface area (Å²) in [6.07, 6.45) is 7.66. The first-order chi connectivity index (χ1) is 9.22. The lowest BCUT2D eigenvalue weighted by Gasteiger charge is -2.57. The van der Waals surface area contributed by atoms with Crippen molar-refractivity contribution in [2.75, 3.05) is 0 Å². The van der Waals surface area contributed by atoms with Gasteiger partial charge < -0.3 is 9.52 Å². The van der Waals surface area contributed by atoms with Crippen molar-refractivity contribution in [1.82, 2.24) is 4.90 Å². The van der Waals surface area contributed by atoms with Gasteiger partial charge in [-0.25, -0.2) is 0 Å². The van der Waals surface area contributed by atoms with Crippen LogP contribution in [0.2, 0.25) is 0 Å². The fraction of sp³-hybridized carbons (Fsp3) is 0.667. The number of carboxylic acids is 1. The van der Waals surface area contributed by atoms with Crippen molar-refractivity contribution in [2.24, 2.45) is 11.8 Å². The van der Waals surface area contributed by atoms with E-state index in [-0.39, 0.29) is 0 Å². The average molecular weight is 261 g/mol. The van der Waals surface area contributed by atoms with Crippen LogP contribution in [0.1, 0.15) is 43.9 Å². The van der Waals surface area contributed by atoms with Crippen molar-refractivity contribution in [2.45, 2.75) is 50.2 Å². The van der Waals surface area contributed by atoms with E-state index in [1.165, 1.54) is 32.1 Å². The fourth-order valence-electron chi connectivity index (χ4n) is 4.83. The van der Waals surface area contributed by atoms with Gasteiger partial charge in [-0.3, -0.25) is 9.69 Å². The minimum Gasteiger partial charge on any atom is -0.480 e. The molecule has 4 fully saturated rings. The maximum absolute atomic E-state index is 11.7. The zero-order valence-electron chi connectivity index (χ0n) is 10.9. The highest BCUT2D eigenvalue weighted by molar-refractivity contribution is 5.74. The van der Waals surface area contributed by atoms with Crippen molar-refractivity contribution >= 4 is 5.97 Å². The number of piperidine rings is 2. The summed E-state index contributed by atoms with van der Waals surface area (Å²) >= 11 is 0. The standard InChI is InChI=1S/C15H19NO3/c17-15(18)14(13-2-1-3-19-13)16-11-5-9-4-10(7-11)8-12(16)6-9/h1-3,9-12,14H,4-8H2,(H,17,18). The molecule has 19 heavy (non-hydrogen) atoms. The second-order valence-corrected chi connectivity index (χ2v) is 6.42. The minimum absolute atomic E-state index is 0.447. The number of hydrogen-bond acceptors (Lipinski definition) is 3. The van der Waals surface area contributed by atoms with E-state index in [2.05, 4.69) is 4.90 Å². The van der Waals surface area contributed by atoms with Gasteiger partial charge in [-0.1, -0.05) is 0 Å². The van der Waals surface area contributed by atoms with Gasteiger partial charge in [0.05, 0.1) is 6.26 Å². The summed E-state index contributed by atoms with van der Waals surface area (Å²) < 4.78 is 5.39. The van der Waals surface area contributed by atoms with E-state index >= 15 is 0 Å². The molecule has 0 spiro atoms. The largest absolute Gasteiger partial charge is 0.480 e. The predicted molar refractivity (Wildman–Crippen MR) is 68.6 cm³/mol. The second-order valence-electron chi connectivity index (χ2n) is 6.42. The van der Waals surface area contributed by atoms with E-state index in [0.29, 0.717) is 17.8 Å². The second kappa shape index (κ2) is 4.10. The van der Waals surface area contributed by atoms with Gasteiger partial charge in [0.15, 0.2) is 6.04 Å². The van der Waals surface area contributed by atoms with E-state index in [9.17, 15) is 9.90 Å². The van der Waals surface area contributed by atoms with Crippen LogP contribution in [0.3, 0.4) is 0 Å². The molecular weight excluding hydrogens is 242 g/mol. The maximum atomic E-state index is 11.7. The molecule has 4 nitrogen and oxygen atoms in total. The summed E-state index contributed by atoms with van der Waals surface area (Å²) in [7, 11) is 0. The topological polar surface area (TPSA) is 53.7 Å². The Balaban J connectivity index is 1.68. The molecule has 0 aromatic carbocycles. The Hall–Kier alpha value is -1.29. The zero-order valence-corrected chi connectivity index (χ0v) is 10.9. The summed E-state index contributed by atoms with van der Waals surface area (Å²) in [5.74, 6) is 1.48. The molecule has 1 atom stereocenters. The number of nitrogens with zero attached hydrogens (tertiary/aromatic N) is 1. The number of furan rings is 1. The highest BCUT2D eigenvalue weighted by Crippen LogP contribution is 2.51. The zero-order chi connectivity index (χ0) is 13.0. The molecule has 5 rings (SSSR count). The number of hydrogen-bond donors (Lipinski definition) is 1. The summed E-state index contributed by atoms with van der Waals surface area (Å²) in [6, 6.07) is 3.88. The molecule has 4 bridgehead atoms. The first-order valence-electron chi connectivity index (χ1n) is 7.26. The monoisotopic (exact) mass is 261 g/mol. The lowest BCUT2D eigenvalue weighted by Crippen LogP contribution is -2.59. The quantitative estimate of drug-likeness (QED) is 0.908. The van der Waals surface area contributed by atoms with Gasteiger partial charge in [0.2, 0.25) is 0 Å². The van der Waals surface area contributed by atoms with E-state index in [1.54, 1.807) is 18.4 Å². The molecule has 0 amide bonds. The van der Waals surface area contributed by atoms with Crippen molar-refractivity contribution < 1.29 is 14.3 Å². The SMILES string of the molecule is O=C(O)C(c1ccco1)N1C2CC3CC(C2)CC1C3. The molecule has 2 aliphatic carbocycles. The predicted octanol–water partition coefficient (Wildman–Crippen LogP) is 2.67. The van der Waals surface area contributed by atoms with Crippen LogP contribution in [0.5, 0.6) is 0 Å². The van der Waals surface area contributed by atoms with Gasteiger partial charge in [0.25, 0.3) is 0 Å². The number of carbonyl (C=O) groups is 1. The van der Waals surface area contributed by atoms with Crippen LogP contribution >= 0.6 is 0 Å². The molecule has 102 valence electrons. The number of carboxylic acid groups (broad SMARTS) is 1. The first-order valence-corrected chi connectivity index (χ1v) is 7.26. The van der Waals surface area contributed by atoms with Crippen molar-refractivity contribution in [1.29, 1.82) is 0 Å². The molecule has 2 aliphatic heterocycles. The average Bonchev–Trinajstić information content (AvgIpc) is 2.85. The minimum atomic E-state index is -0.776. The van der Waals surface area contributed by atoms with Crippen molar-refractivity contribution in [3.8, 4) is 0 Å². The molecule has 1 aromatic heterocycles. The fourth-order valence-corrected chi connectivity index (χ4v) is 4.83. The molecule has 2 saturated carbocycles. The number of aliphatic carboxylic acids is 1. The molecule has 4 aliphatic rings. The highest BCUT2D eigenvalue weighted by Gasteiger charge is 2.51. The summed E-state index contributed by atoms with van der Waals surface area (Å²) in [4.78, 5) is 14.0. The third-order valence-electron chi connectivity index (χ3n) is 5.28. The van der Waals surface area contributed by atoms with Crippen LogP contribution in [0, 0.1) is 11.8 Å². The smallest absolute Gasteiger partial charge is 0.328 e. The van der Waals surface area contributed by atoms with Crippen molar-refractivity contribution in [3.05, 3.63) is 24.2 Å². The van der Waals surface area contributed by atoms with Gasteiger partial charge in [-0.15, -0.1) is 0 Å². The maximum Gasteiger partial charge on any atom is 0.328 e. The highest BCUT2D eigenvalue weighted by atomic mass is 16.4. The normalized spacial score (nSPS) is 38.5. The van der Waals surface area contributed by atoms with E-state index < -0.39 is 12.0 Å². The van der Waals surface area contributed by atoms with Gasteiger partial charge in [0, 0.05) is 12.1 Å².